The van der Waals surface area contributed by atoms with Gasteiger partial charge in [-0.15, -0.1) is 0 Å². The van der Waals surface area contributed by atoms with Crippen molar-refractivity contribution >= 4 is 22.8 Å². The Kier molecular flexibility index (Phi) is 5.46. The summed E-state index contributed by atoms with van der Waals surface area (Å²) in [7, 11) is 1.56. The van der Waals surface area contributed by atoms with Crippen molar-refractivity contribution in [2.24, 2.45) is 0 Å². The number of carboxylic acid groups (broad SMARTS) is 1. The van der Waals surface area contributed by atoms with E-state index in [1.807, 2.05) is 0 Å². The van der Waals surface area contributed by atoms with Crippen molar-refractivity contribution in [2.75, 3.05) is 26.8 Å². The Labute approximate surface area is 151 Å². The molecule has 1 unspecified atom stereocenters. The highest BCUT2D eigenvalue weighted by Gasteiger charge is 2.27. The zero-order valence-electron chi connectivity index (χ0n) is 15.0. The van der Waals surface area contributed by atoms with Gasteiger partial charge in [-0.1, -0.05) is 0 Å². The van der Waals surface area contributed by atoms with E-state index in [4.69, 9.17) is 19.0 Å². The van der Waals surface area contributed by atoms with Crippen molar-refractivity contribution in [3.63, 3.8) is 0 Å². The number of carbonyl (C=O) groups excluding carboxylic acids is 1. The second-order valence-corrected chi connectivity index (χ2v) is 6.43. The molecule has 1 amide bonds. The number of fused-ring (bicyclic) bond motifs is 1. The van der Waals surface area contributed by atoms with Gasteiger partial charge in [-0.05, 0) is 38.0 Å². The van der Waals surface area contributed by atoms with Crippen molar-refractivity contribution in [3.8, 4) is 5.75 Å². The van der Waals surface area contributed by atoms with Crippen LogP contribution in [0.3, 0.4) is 0 Å². The first-order chi connectivity index (χ1) is 12.5. The molecule has 1 aromatic carbocycles. The number of rotatable bonds is 7. The normalized spacial score (nSPS) is 16.8. The number of ether oxygens (including phenoxy) is 2. The highest BCUT2D eigenvalue weighted by molar-refractivity contribution is 6.07. The lowest BCUT2D eigenvalue weighted by atomic mass is 10.1. The summed E-state index contributed by atoms with van der Waals surface area (Å²) < 4.78 is 16.6. The molecule has 0 spiro atoms. The SMILES string of the molecule is COc1ccc2oc(C)c(C(=O)N(CCC(=O)O)CC3CCCO3)c2c1. The molecular formula is C19H23NO6. The van der Waals surface area contributed by atoms with Crippen molar-refractivity contribution in [1.82, 2.24) is 4.90 Å². The predicted molar refractivity (Wildman–Crippen MR) is 94.6 cm³/mol. The predicted octanol–water partition coefficient (Wildman–Crippen LogP) is 2.85. The van der Waals surface area contributed by atoms with Gasteiger partial charge in [0, 0.05) is 25.1 Å². The van der Waals surface area contributed by atoms with Crippen molar-refractivity contribution in [1.29, 1.82) is 0 Å². The van der Waals surface area contributed by atoms with Gasteiger partial charge in [-0.3, -0.25) is 9.59 Å². The van der Waals surface area contributed by atoms with E-state index < -0.39 is 5.97 Å². The molecule has 0 bridgehead atoms. The number of aliphatic carboxylic acids is 1. The Bertz CT molecular complexity index is 806. The highest BCUT2D eigenvalue weighted by Crippen LogP contribution is 2.30. The zero-order chi connectivity index (χ0) is 18.7. The molecule has 1 N–H and O–H groups in total. The van der Waals surface area contributed by atoms with Gasteiger partial charge < -0.3 is 23.9 Å². The number of furan rings is 1. The molecule has 1 fully saturated rings. The number of methoxy groups -OCH3 is 1. The second kappa shape index (κ2) is 7.78. The molecule has 3 rings (SSSR count). The molecule has 2 aromatic rings. The van der Waals surface area contributed by atoms with E-state index in [1.54, 1.807) is 37.1 Å². The van der Waals surface area contributed by atoms with Gasteiger partial charge in [0.15, 0.2) is 0 Å². The van der Waals surface area contributed by atoms with E-state index in [-0.39, 0.29) is 25.0 Å². The van der Waals surface area contributed by atoms with Gasteiger partial charge in [-0.25, -0.2) is 0 Å². The van der Waals surface area contributed by atoms with Crippen LogP contribution in [-0.4, -0.2) is 54.8 Å². The molecule has 0 radical (unpaired) electrons. The van der Waals surface area contributed by atoms with Crippen LogP contribution >= 0.6 is 0 Å². The molecule has 0 aliphatic carbocycles. The first-order valence-electron chi connectivity index (χ1n) is 8.69. The number of benzene rings is 1. The average Bonchev–Trinajstić information content (AvgIpc) is 3.23. The molecule has 140 valence electrons. The minimum Gasteiger partial charge on any atom is -0.497 e. The minimum absolute atomic E-state index is 0.0549. The molecule has 1 aromatic heterocycles. The van der Waals surface area contributed by atoms with Crippen LogP contribution in [0.2, 0.25) is 0 Å². The Morgan fingerprint density at radius 1 is 1.38 bits per heavy atom. The fraction of sp³-hybridized carbons (Fsp3) is 0.474. The average molecular weight is 361 g/mol. The van der Waals surface area contributed by atoms with Crippen LogP contribution in [0.5, 0.6) is 5.75 Å². The Morgan fingerprint density at radius 2 is 2.19 bits per heavy atom. The van der Waals surface area contributed by atoms with Crippen LogP contribution in [0, 0.1) is 6.92 Å². The van der Waals surface area contributed by atoms with E-state index in [9.17, 15) is 9.59 Å². The molecule has 2 heterocycles. The first kappa shape index (κ1) is 18.3. The summed E-state index contributed by atoms with van der Waals surface area (Å²) in [5.74, 6) is -0.0497. The molecule has 26 heavy (non-hydrogen) atoms. The standard InChI is InChI=1S/C19H23NO6/c1-12-18(15-10-13(24-2)5-6-16(15)26-12)19(23)20(8-7-17(21)22)11-14-4-3-9-25-14/h5-6,10,14H,3-4,7-9,11H2,1-2H3,(H,21,22). The Hall–Kier alpha value is -2.54. The third-order valence-corrected chi connectivity index (χ3v) is 4.62. The maximum Gasteiger partial charge on any atom is 0.305 e. The zero-order valence-corrected chi connectivity index (χ0v) is 15.0. The van der Waals surface area contributed by atoms with Crippen LogP contribution in [0.4, 0.5) is 0 Å². The summed E-state index contributed by atoms with van der Waals surface area (Å²) in [4.78, 5) is 25.8. The summed E-state index contributed by atoms with van der Waals surface area (Å²) in [6.45, 7) is 2.92. The van der Waals surface area contributed by atoms with E-state index in [1.165, 1.54) is 0 Å². The fourth-order valence-electron chi connectivity index (χ4n) is 3.29. The monoisotopic (exact) mass is 361 g/mol. The number of amides is 1. The number of hydrogen-bond donors (Lipinski definition) is 1. The maximum absolute atomic E-state index is 13.2. The van der Waals surface area contributed by atoms with E-state index in [2.05, 4.69) is 0 Å². The van der Waals surface area contributed by atoms with Gasteiger partial charge in [0.1, 0.15) is 17.1 Å². The Morgan fingerprint density at radius 3 is 2.85 bits per heavy atom. The highest BCUT2D eigenvalue weighted by atomic mass is 16.5. The minimum atomic E-state index is -0.939. The van der Waals surface area contributed by atoms with Crippen molar-refractivity contribution in [2.45, 2.75) is 32.3 Å². The Balaban J connectivity index is 1.92. The van der Waals surface area contributed by atoms with Crippen molar-refractivity contribution in [3.05, 3.63) is 29.5 Å². The third-order valence-electron chi connectivity index (χ3n) is 4.62. The molecule has 1 atom stereocenters. The first-order valence-corrected chi connectivity index (χ1v) is 8.69. The molecule has 0 saturated carbocycles. The van der Waals surface area contributed by atoms with Gasteiger partial charge in [-0.2, -0.15) is 0 Å². The summed E-state index contributed by atoms with van der Waals surface area (Å²) in [6, 6.07) is 5.30. The van der Waals surface area contributed by atoms with Gasteiger partial charge in [0.2, 0.25) is 0 Å². The number of nitrogens with zero attached hydrogens (tertiary/aromatic N) is 1. The lowest BCUT2D eigenvalue weighted by Gasteiger charge is -2.25. The molecule has 1 aliphatic rings. The number of hydrogen-bond acceptors (Lipinski definition) is 5. The molecule has 1 saturated heterocycles. The fourth-order valence-corrected chi connectivity index (χ4v) is 3.29. The lowest BCUT2D eigenvalue weighted by molar-refractivity contribution is -0.137. The maximum atomic E-state index is 13.2. The summed E-state index contributed by atoms with van der Waals surface area (Å²) >= 11 is 0. The van der Waals surface area contributed by atoms with Crippen LogP contribution in [-0.2, 0) is 9.53 Å². The van der Waals surface area contributed by atoms with Crippen LogP contribution in [0.15, 0.2) is 22.6 Å². The quantitative estimate of drug-likeness (QED) is 0.816. The van der Waals surface area contributed by atoms with Gasteiger partial charge >= 0.3 is 5.97 Å². The van der Waals surface area contributed by atoms with E-state index >= 15 is 0 Å². The van der Waals surface area contributed by atoms with E-state index in [0.29, 0.717) is 41.2 Å². The topological polar surface area (TPSA) is 89.2 Å². The number of carbonyl (C=O) groups is 2. The summed E-state index contributed by atoms with van der Waals surface area (Å²) in [6.07, 6.45) is 1.66. The molecule has 1 aliphatic heterocycles. The number of aryl methyl sites for hydroxylation is 1. The van der Waals surface area contributed by atoms with Crippen LogP contribution < -0.4 is 4.74 Å². The third kappa shape index (κ3) is 3.83. The summed E-state index contributed by atoms with van der Waals surface area (Å²) in [5, 5.41) is 9.69. The largest absolute Gasteiger partial charge is 0.497 e. The lowest BCUT2D eigenvalue weighted by Crippen LogP contribution is -2.39. The van der Waals surface area contributed by atoms with Gasteiger partial charge in [0.25, 0.3) is 5.91 Å². The van der Waals surface area contributed by atoms with Crippen LogP contribution in [0.25, 0.3) is 11.0 Å². The number of carboxylic acids is 1. The van der Waals surface area contributed by atoms with Crippen molar-refractivity contribution < 1.29 is 28.6 Å². The molecule has 7 heteroatoms. The smallest absolute Gasteiger partial charge is 0.305 e. The molecule has 7 nitrogen and oxygen atoms in total. The second-order valence-electron chi connectivity index (χ2n) is 6.43. The summed E-state index contributed by atoms with van der Waals surface area (Å²) in [5.41, 5.74) is 1.05. The van der Waals surface area contributed by atoms with Crippen LogP contribution in [0.1, 0.15) is 35.4 Å². The van der Waals surface area contributed by atoms with E-state index in [0.717, 1.165) is 12.8 Å². The molecular weight excluding hydrogens is 338 g/mol. The van der Waals surface area contributed by atoms with Gasteiger partial charge in [0.05, 0.1) is 25.2 Å².